The van der Waals surface area contributed by atoms with Crippen molar-refractivity contribution in [1.82, 2.24) is 4.72 Å². The average molecular weight is 410 g/mol. The maximum absolute atomic E-state index is 12.9. The monoisotopic (exact) mass is 409 g/mol. The van der Waals surface area contributed by atoms with Gasteiger partial charge in [0.25, 0.3) is 0 Å². The first-order valence-electron chi connectivity index (χ1n) is 7.77. The van der Waals surface area contributed by atoms with Crippen molar-refractivity contribution in [1.29, 1.82) is 0 Å². The summed E-state index contributed by atoms with van der Waals surface area (Å²) in [6.45, 7) is 5.96. The Morgan fingerprint density at radius 3 is 2.46 bits per heavy atom. The molecule has 6 heteroatoms. The molecule has 24 heavy (non-hydrogen) atoms. The van der Waals surface area contributed by atoms with Gasteiger partial charge in [-0.3, -0.25) is 0 Å². The lowest BCUT2D eigenvalue weighted by atomic mass is 10.0. The van der Waals surface area contributed by atoms with Crippen LogP contribution in [0.3, 0.4) is 0 Å². The quantitative estimate of drug-likeness (QED) is 0.841. The van der Waals surface area contributed by atoms with Crippen molar-refractivity contribution < 1.29 is 13.2 Å². The second kappa shape index (κ2) is 6.50. The molecule has 128 valence electrons. The minimum atomic E-state index is -3.59. The summed E-state index contributed by atoms with van der Waals surface area (Å²) in [4.78, 5) is 0.369. The minimum absolute atomic E-state index is 0.281. The molecule has 3 rings (SSSR count). The number of aryl methyl sites for hydroxylation is 3. The Kier molecular flexibility index (Phi) is 4.73. The van der Waals surface area contributed by atoms with Crippen LogP contribution in [-0.2, 0) is 16.4 Å². The van der Waals surface area contributed by atoms with Gasteiger partial charge < -0.3 is 4.74 Å². The Morgan fingerprint density at radius 2 is 1.79 bits per heavy atom. The fraction of sp³-hybridized carbons (Fsp3) is 0.333. The van der Waals surface area contributed by atoms with E-state index in [2.05, 4.69) is 20.7 Å². The van der Waals surface area contributed by atoms with E-state index in [-0.39, 0.29) is 6.04 Å². The molecular weight excluding hydrogens is 390 g/mol. The van der Waals surface area contributed by atoms with Crippen LogP contribution in [0.15, 0.2) is 39.7 Å². The van der Waals surface area contributed by atoms with E-state index in [9.17, 15) is 8.42 Å². The zero-order chi connectivity index (χ0) is 17.5. The predicted octanol–water partition coefficient (Wildman–Crippen LogP) is 3.66. The first kappa shape index (κ1) is 17.5. The van der Waals surface area contributed by atoms with Gasteiger partial charge >= 0.3 is 0 Å². The molecule has 0 aliphatic carbocycles. The van der Waals surface area contributed by atoms with Crippen molar-refractivity contribution in [3.63, 3.8) is 0 Å². The molecule has 1 aliphatic heterocycles. The second-order valence-corrected chi connectivity index (χ2v) is 8.88. The minimum Gasteiger partial charge on any atom is -0.492 e. The van der Waals surface area contributed by atoms with Crippen molar-refractivity contribution in [2.45, 2.75) is 38.1 Å². The fourth-order valence-corrected chi connectivity index (χ4v) is 5.39. The van der Waals surface area contributed by atoms with E-state index in [1.54, 1.807) is 0 Å². The van der Waals surface area contributed by atoms with Gasteiger partial charge in [0.2, 0.25) is 10.0 Å². The average Bonchev–Trinajstić information content (AvgIpc) is 2.44. The molecule has 2 aromatic rings. The van der Waals surface area contributed by atoms with Gasteiger partial charge in [0, 0.05) is 4.47 Å². The SMILES string of the molecule is Cc1cc(C)c(S(=O)(=O)NC2COc3ccc(Br)cc3C2)c(C)c1. The number of rotatable bonds is 3. The van der Waals surface area contributed by atoms with Gasteiger partial charge in [-0.05, 0) is 62.1 Å². The van der Waals surface area contributed by atoms with Crippen LogP contribution < -0.4 is 9.46 Å². The van der Waals surface area contributed by atoms with Crippen molar-refractivity contribution in [2.75, 3.05) is 6.61 Å². The van der Waals surface area contributed by atoms with Gasteiger partial charge in [0.15, 0.2) is 0 Å². The van der Waals surface area contributed by atoms with Crippen molar-refractivity contribution in [3.05, 3.63) is 57.1 Å². The topological polar surface area (TPSA) is 55.4 Å². The van der Waals surface area contributed by atoms with Crippen LogP contribution in [0.2, 0.25) is 0 Å². The Hall–Kier alpha value is -1.37. The van der Waals surface area contributed by atoms with Crippen LogP contribution in [0.5, 0.6) is 5.75 Å². The highest BCUT2D eigenvalue weighted by atomic mass is 79.9. The Balaban J connectivity index is 1.86. The lowest BCUT2D eigenvalue weighted by Crippen LogP contribution is -2.43. The Morgan fingerprint density at radius 1 is 1.12 bits per heavy atom. The van der Waals surface area contributed by atoms with Crippen LogP contribution in [0.25, 0.3) is 0 Å². The number of ether oxygens (including phenoxy) is 1. The molecule has 1 atom stereocenters. The van der Waals surface area contributed by atoms with Crippen LogP contribution in [-0.4, -0.2) is 21.1 Å². The highest BCUT2D eigenvalue weighted by Crippen LogP contribution is 2.29. The molecule has 1 N–H and O–H groups in total. The van der Waals surface area contributed by atoms with Gasteiger partial charge in [-0.25, -0.2) is 13.1 Å². The number of benzene rings is 2. The van der Waals surface area contributed by atoms with Crippen LogP contribution in [0.4, 0.5) is 0 Å². The number of halogens is 1. The summed E-state index contributed by atoms with van der Waals surface area (Å²) in [6.07, 6.45) is 0.609. The maximum Gasteiger partial charge on any atom is 0.241 e. The zero-order valence-corrected chi connectivity index (χ0v) is 16.3. The number of hydrogen-bond acceptors (Lipinski definition) is 3. The number of sulfonamides is 1. The van der Waals surface area contributed by atoms with Gasteiger partial charge in [0.1, 0.15) is 12.4 Å². The van der Waals surface area contributed by atoms with Crippen LogP contribution in [0, 0.1) is 20.8 Å². The van der Waals surface area contributed by atoms with E-state index in [1.165, 1.54) is 0 Å². The van der Waals surface area contributed by atoms with E-state index in [4.69, 9.17) is 4.74 Å². The highest BCUT2D eigenvalue weighted by molar-refractivity contribution is 9.10. The zero-order valence-electron chi connectivity index (χ0n) is 13.9. The van der Waals surface area contributed by atoms with E-state index in [1.807, 2.05) is 51.1 Å². The molecule has 0 fully saturated rings. The lowest BCUT2D eigenvalue weighted by Gasteiger charge is -2.26. The Labute approximate surface area is 151 Å². The first-order valence-corrected chi connectivity index (χ1v) is 10.1. The van der Waals surface area contributed by atoms with Gasteiger partial charge in [0.05, 0.1) is 10.9 Å². The molecule has 0 spiro atoms. The van der Waals surface area contributed by atoms with Gasteiger partial charge in [-0.2, -0.15) is 0 Å². The standard InChI is InChI=1S/C18H20BrNO3S/c1-11-6-12(2)18(13(3)7-11)24(21,22)20-16-9-14-8-15(19)4-5-17(14)23-10-16/h4-8,16,20H,9-10H2,1-3H3. The molecule has 2 aromatic carbocycles. The number of hydrogen-bond donors (Lipinski definition) is 1. The first-order chi connectivity index (χ1) is 11.3. The highest BCUT2D eigenvalue weighted by Gasteiger charge is 2.27. The van der Waals surface area contributed by atoms with Crippen molar-refractivity contribution in [3.8, 4) is 5.75 Å². The molecule has 0 radical (unpaired) electrons. The van der Waals surface area contributed by atoms with Crippen molar-refractivity contribution >= 4 is 26.0 Å². The molecule has 1 unspecified atom stereocenters. The van der Waals surface area contributed by atoms with E-state index < -0.39 is 10.0 Å². The summed E-state index contributed by atoms with van der Waals surface area (Å²) in [5, 5.41) is 0. The second-order valence-electron chi connectivity index (χ2n) is 6.31. The van der Waals surface area contributed by atoms with Crippen molar-refractivity contribution in [2.24, 2.45) is 0 Å². The normalized spacial score (nSPS) is 17.2. The molecular formula is C18H20BrNO3S. The smallest absolute Gasteiger partial charge is 0.241 e. The molecule has 0 aromatic heterocycles. The van der Waals surface area contributed by atoms with Gasteiger partial charge in [-0.1, -0.05) is 33.6 Å². The largest absolute Gasteiger partial charge is 0.492 e. The Bertz CT molecular complexity index is 870. The molecule has 0 bridgehead atoms. The van der Waals surface area contributed by atoms with E-state index >= 15 is 0 Å². The summed E-state index contributed by atoms with van der Waals surface area (Å²) >= 11 is 3.44. The summed E-state index contributed by atoms with van der Waals surface area (Å²) < 4.78 is 35.2. The van der Waals surface area contributed by atoms with E-state index in [0.29, 0.717) is 17.9 Å². The molecule has 1 heterocycles. The number of fused-ring (bicyclic) bond motifs is 1. The van der Waals surface area contributed by atoms with Gasteiger partial charge in [-0.15, -0.1) is 0 Å². The van der Waals surface area contributed by atoms with Crippen LogP contribution >= 0.6 is 15.9 Å². The lowest BCUT2D eigenvalue weighted by molar-refractivity contribution is 0.254. The third-order valence-corrected chi connectivity index (χ3v) is 6.44. The molecule has 4 nitrogen and oxygen atoms in total. The van der Waals surface area contributed by atoms with Crippen LogP contribution in [0.1, 0.15) is 22.3 Å². The summed E-state index contributed by atoms with van der Waals surface area (Å²) in [5.41, 5.74) is 3.59. The molecule has 0 saturated carbocycles. The fourth-order valence-electron chi connectivity index (χ4n) is 3.31. The summed E-state index contributed by atoms with van der Waals surface area (Å²) in [5.74, 6) is 0.816. The maximum atomic E-state index is 12.9. The summed E-state index contributed by atoms with van der Waals surface area (Å²) in [6, 6.07) is 9.30. The predicted molar refractivity (Wildman–Crippen MR) is 98.1 cm³/mol. The molecule has 0 saturated heterocycles. The van der Waals surface area contributed by atoms with E-state index in [0.717, 1.165) is 32.5 Å². The summed E-state index contributed by atoms with van der Waals surface area (Å²) in [7, 11) is -3.59. The molecule has 0 amide bonds. The third-order valence-electron chi connectivity index (χ3n) is 4.12. The molecule has 1 aliphatic rings. The third kappa shape index (κ3) is 3.50. The number of nitrogens with one attached hydrogen (secondary N) is 1.